The number of rotatable bonds is 7. The summed E-state index contributed by atoms with van der Waals surface area (Å²) in [6, 6.07) is 13.7. The molecule has 1 saturated heterocycles. The summed E-state index contributed by atoms with van der Waals surface area (Å²) in [7, 11) is -2.06. The molecule has 1 aliphatic heterocycles. The van der Waals surface area contributed by atoms with Gasteiger partial charge in [0.1, 0.15) is 10.6 Å². The normalized spacial score (nSPS) is 15.8. The van der Waals surface area contributed by atoms with E-state index in [9.17, 15) is 13.2 Å². The van der Waals surface area contributed by atoms with E-state index in [0.717, 1.165) is 0 Å². The number of benzene rings is 2. The number of hydrogen-bond donors (Lipinski definition) is 1. The van der Waals surface area contributed by atoms with Crippen molar-refractivity contribution in [3.63, 3.8) is 0 Å². The van der Waals surface area contributed by atoms with Crippen molar-refractivity contribution in [2.45, 2.75) is 11.3 Å². The minimum Gasteiger partial charge on any atom is -0.495 e. The van der Waals surface area contributed by atoms with Gasteiger partial charge in [0.25, 0.3) is 0 Å². The number of methoxy groups -OCH3 is 1. The van der Waals surface area contributed by atoms with Gasteiger partial charge in [0, 0.05) is 39.1 Å². The number of halogens is 1. The topological polar surface area (TPSA) is 79.0 Å². The van der Waals surface area contributed by atoms with Gasteiger partial charge >= 0.3 is 0 Å². The number of nitrogens with one attached hydrogen (secondary N) is 1. The van der Waals surface area contributed by atoms with Crippen molar-refractivity contribution in [3.05, 3.63) is 53.6 Å². The third kappa shape index (κ3) is 5.27. The monoisotopic (exact) mass is 437 g/mol. The molecule has 1 amide bonds. The molecular weight excluding hydrogens is 414 g/mol. The molecule has 1 fully saturated rings. The Balaban J connectivity index is 1.50. The molecular formula is C20H24ClN3O4S. The fourth-order valence-electron chi connectivity index (χ4n) is 3.21. The van der Waals surface area contributed by atoms with E-state index in [0.29, 0.717) is 50.6 Å². The van der Waals surface area contributed by atoms with Crippen LogP contribution in [0.3, 0.4) is 0 Å². The molecule has 0 aliphatic carbocycles. The van der Waals surface area contributed by atoms with E-state index in [1.165, 1.54) is 10.4 Å². The molecule has 0 aromatic heterocycles. The summed E-state index contributed by atoms with van der Waals surface area (Å²) in [5.41, 5.74) is 0.635. The Labute approximate surface area is 176 Å². The molecule has 7 nitrogen and oxygen atoms in total. The predicted molar refractivity (Wildman–Crippen MR) is 113 cm³/mol. The van der Waals surface area contributed by atoms with Crippen molar-refractivity contribution < 1.29 is 17.9 Å². The van der Waals surface area contributed by atoms with Crippen LogP contribution in [0.25, 0.3) is 0 Å². The SMILES string of the molecule is COc1ccccc1NC(=O)CCN1CCN(S(=O)(=O)c2ccccc2Cl)CC1. The summed E-state index contributed by atoms with van der Waals surface area (Å²) in [6.07, 6.45) is 0.315. The van der Waals surface area contributed by atoms with Crippen molar-refractivity contribution in [2.75, 3.05) is 45.2 Å². The fraction of sp³-hybridized carbons (Fsp3) is 0.350. The van der Waals surface area contributed by atoms with E-state index in [1.807, 2.05) is 12.1 Å². The van der Waals surface area contributed by atoms with Gasteiger partial charge in [0.2, 0.25) is 15.9 Å². The number of anilines is 1. The molecule has 0 bridgehead atoms. The quantitative estimate of drug-likeness (QED) is 0.720. The van der Waals surface area contributed by atoms with Gasteiger partial charge in [-0.3, -0.25) is 4.79 Å². The minimum atomic E-state index is -3.61. The van der Waals surface area contributed by atoms with Crippen LogP contribution in [-0.2, 0) is 14.8 Å². The molecule has 0 atom stereocenters. The summed E-state index contributed by atoms with van der Waals surface area (Å²) in [5, 5.41) is 3.08. The largest absolute Gasteiger partial charge is 0.495 e. The lowest BCUT2D eigenvalue weighted by Crippen LogP contribution is -2.49. The number of carbonyl (C=O) groups is 1. The lowest BCUT2D eigenvalue weighted by Gasteiger charge is -2.34. The number of amides is 1. The van der Waals surface area contributed by atoms with E-state index in [2.05, 4.69) is 10.2 Å². The summed E-state index contributed by atoms with van der Waals surface area (Å²) in [4.78, 5) is 14.5. The molecule has 2 aromatic rings. The molecule has 1 heterocycles. The number of sulfonamides is 1. The Kier molecular flexibility index (Phi) is 7.13. The number of ether oxygens (including phenoxy) is 1. The van der Waals surface area contributed by atoms with Crippen LogP contribution in [0.1, 0.15) is 6.42 Å². The first-order chi connectivity index (χ1) is 13.9. The maximum atomic E-state index is 12.8. The van der Waals surface area contributed by atoms with Crippen molar-refractivity contribution in [1.82, 2.24) is 9.21 Å². The van der Waals surface area contributed by atoms with Gasteiger partial charge in [-0.25, -0.2) is 8.42 Å². The Hall–Kier alpha value is -2.13. The van der Waals surface area contributed by atoms with Crippen LogP contribution >= 0.6 is 11.6 Å². The van der Waals surface area contributed by atoms with Gasteiger partial charge in [0.15, 0.2) is 0 Å². The van der Waals surface area contributed by atoms with Gasteiger partial charge < -0.3 is 15.0 Å². The third-order valence-electron chi connectivity index (χ3n) is 4.82. The molecule has 2 aromatic carbocycles. The first-order valence-electron chi connectivity index (χ1n) is 9.31. The first-order valence-corrected chi connectivity index (χ1v) is 11.1. The van der Waals surface area contributed by atoms with Crippen LogP contribution in [0.4, 0.5) is 5.69 Å². The fourth-order valence-corrected chi connectivity index (χ4v) is 5.12. The Morgan fingerprint density at radius 1 is 1.07 bits per heavy atom. The predicted octanol–water partition coefficient (Wildman–Crippen LogP) is 2.68. The molecule has 0 spiro atoms. The summed E-state index contributed by atoms with van der Waals surface area (Å²) in [5.74, 6) is 0.500. The second kappa shape index (κ2) is 9.58. The van der Waals surface area contributed by atoms with Gasteiger partial charge in [-0.2, -0.15) is 4.31 Å². The van der Waals surface area contributed by atoms with Crippen LogP contribution in [0.15, 0.2) is 53.4 Å². The zero-order chi connectivity index (χ0) is 20.9. The molecule has 9 heteroatoms. The highest BCUT2D eigenvalue weighted by Crippen LogP contribution is 2.25. The molecule has 3 rings (SSSR count). The van der Waals surface area contributed by atoms with Crippen LogP contribution < -0.4 is 10.1 Å². The number of hydrogen-bond acceptors (Lipinski definition) is 5. The van der Waals surface area contributed by atoms with E-state index < -0.39 is 10.0 Å². The lowest BCUT2D eigenvalue weighted by atomic mass is 10.2. The third-order valence-corrected chi connectivity index (χ3v) is 7.22. The van der Waals surface area contributed by atoms with Crippen LogP contribution in [0.2, 0.25) is 5.02 Å². The summed E-state index contributed by atoms with van der Waals surface area (Å²) < 4.78 is 32.3. The summed E-state index contributed by atoms with van der Waals surface area (Å²) in [6.45, 7) is 2.40. The second-order valence-corrected chi connectivity index (χ2v) is 8.99. The molecule has 0 unspecified atom stereocenters. The lowest BCUT2D eigenvalue weighted by molar-refractivity contribution is -0.116. The van der Waals surface area contributed by atoms with Crippen molar-refractivity contribution in [3.8, 4) is 5.75 Å². The van der Waals surface area contributed by atoms with E-state index in [1.54, 1.807) is 37.4 Å². The standard InChI is InChI=1S/C20H24ClN3O4S/c1-28-18-8-4-3-7-17(18)22-20(25)10-11-23-12-14-24(15-13-23)29(26,27)19-9-5-2-6-16(19)21/h2-9H,10-15H2,1H3,(H,22,25). The van der Waals surface area contributed by atoms with Gasteiger partial charge in [-0.1, -0.05) is 35.9 Å². The van der Waals surface area contributed by atoms with E-state index >= 15 is 0 Å². The van der Waals surface area contributed by atoms with Crippen molar-refractivity contribution >= 4 is 33.2 Å². The van der Waals surface area contributed by atoms with Gasteiger partial charge in [0.05, 0.1) is 17.8 Å². The average molecular weight is 438 g/mol. The zero-order valence-electron chi connectivity index (χ0n) is 16.2. The highest BCUT2D eigenvalue weighted by Gasteiger charge is 2.29. The molecule has 156 valence electrons. The van der Waals surface area contributed by atoms with Gasteiger partial charge in [-0.05, 0) is 24.3 Å². The molecule has 1 N–H and O–H groups in total. The van der Waals surface area contributed by atoms with Crippen LogP contribution in [-0.4, -0.2) is 63.4 Å². The Morgan fingerprint density at radius 3 is 2.41 bits per heavy atom. The Morgan fingerprint density at radius 2 is 1.72 bits per heavy atom. The number of piperazine rings is 1. The number of nitrogens with zero attached hydrogens (tertiary/aromatic N) is 2. The van der Waals surface area contributed by atoms with E-state index in [4.69, 9.17) is 16.3 Å². The van der Waals surface area contributed by atoms with Crippen molar-refractivity contribution in [2.24, 2.45) is 0 Å². The smallest absolute Gasteiger partial charge is 0.244 e. The molecule has 0 saturated carbocycles. The molecule has 29 heavy (non-hydrogen) atoms. The van der Waals surface area contributed by atoms with Crippen LogP contribution in [0.5, 0.6) is 5.75 Å². The molecule has 1 aliphatic rings. The average Bonchev–Trinajstić information content (AvgIpc) is 2.73. The maximum absolute atomic E-state index is 12.8. The number of para-hydroxylation sites is 2. The van der Waals surface area contributed by atoms with Gasteiger partial charge in [-0.15, -0.1) is 0 Å². The highest BCUT2D eigenvalue weighted by molar-refractivity contribution is 7.89. The van der Waals surface area contributed by atoms with Crippen molar-refractivity contribution in [1.29, 1.82) is 0 Å². The number of carbonyl (C=O) groups excluding carboxylic acids is 1. The Bertz CT molecular complexity index is 960. The zero-order valence-corrected chi connectivity index (χ0v) is 17.7. The first kappa shape index (κ1) is 21.6. The van der Waals surface area contributed by atoms with E-state index in [-0.39, 0.29) is 15.8 Å². The summed E-state index contributed by atoms with van der Waals surface area (Å²) >= 11 is 6.06. The molecule has 0 radical (unpaired) electrons. The highest BCUT2D eigenvalue weighted by atomic mass is 35.5. The van der Waals surface area contributed by atoms with Crippen LogP contribution in [0, 0.1) is 0 Å². The second-order valence-electron chi connectivity index (χ2n) is 6.67. The maximum Gasteiger partial charge on any atom is 0.244 e. The minimum absolute atomic E-state index is 0.111.